The van der Waals surface area contributed by atoms with E-state index < -0.39 is 35.7 Å². The highest BCUT2D eigenvalue weighted by Crippen LogP contribution is 2.31. The van der Waals surface area contributed by atoms with E-state index in [0.717, 1.165) is 6.07 Å². The van der Waals surface area contributed by atoms with E-state index in [1.165, 1.54) is 24.3 Å². The number of amides is 1. The fourth-order valence-corrected chi connectivity index (χ4v) is 2.33. The number of aromatic nitrogens is 1. The first-order valence-corrected chi connectivity index (χ1v) is 8.05. The Balaban J connectivity index is 0.00000341. The van der Waals surface area contributed by atoms with E-state index >= 15 is 0 Å². The van der Waals surface area contributed by atoms with Gasteiger partial charge in [-0.3, -0.25) is 4.79 Å². The number of nitrogens with two attached hydrogens (primary N) is 1. The van der Waals surface area contributed by atoms with E-state index in [2.05, 4.69) is 10.3 Å². The number of pyridine rings is 1. The molecule has 1 heterocycles. The summed E-state index contributed by atoms with van der Waals surface area (Å²) in [6, 6.07) is 16.0. The molecule has 1 aromatic heterocycles. The minimum absolute atomic E-state index is 0. The molecule has 0 unspecified atom stereocenters. The van der Waals surface area contributed by atoms with E-state index in [1.54, 1.807) is 30.3 Å². The molecule has 29 heavy (non-hydrogen) atoms. The topological polar surface area (TPSA) is 77.2 Å². The summed E-state index contributed by atoms with van der Waals surface area (Å²) in [6.07, 6.45) is -4.82. The molecular formula is C20H17ClF3N3O2. The number of para-hydroxylation sites is 1. The molecule has 152 valence electrons. The van der Waals surface area contributed by atoms with E-state index in [0.29, 0.717) is 11.8 Å². The lowest BCUT2D eigenvalue weighted by atomic mass is 10.2. The number of halogens is 4. The highest BCUT2D eigenvalue weighted by Gasteiger charge is 2.33. The lowest BCUT2D eigenvalue weighted by molar-refractivity contribution is -0.141. The number of ether oxygens (including phenoxy) is 1. The number of nitrogens with zero attached hydrogens (tertiary/aromatic N) is 1. The Hall–Kier alpha value is -3.10. The van der Waals surface area contributed by atoms with Crippen molar-refractivity contribution in [1.29, 1.82) is 0 Å². The smallest absolute Gasteiger partial charge is 0.433 e. The van der Waals surface area contributed by atoms with Gasteiger partial charge >= 0.3 is 6.18 Å². The number of nitrogens with one attached hydrogen (secondary N) is 1. The Kier molecular flexibility index (Phi) is 6.23. The molecule has 1 amide bonds. The summed E-state index contributed by atoms with van der Waals surface area (Å²) in [6.45, 7) is -2.53. The number of rotatable bonds is 5. The second kappa shape index (κ2) is 9.40. The monoisotopic (exact) mass is 425 g/mol. The number of carbonyl (C=O) groups is 1. The zero-order valence-corrected chi connectivity index (χ0v) is 15.6. The zero-order chi connectivity index (χ0) is 21.9. The van der Waals surface area contributed by atoms with Crippen LogP contribution in [0.1, 0.15) is 24.4 Å². The molecule has 2 aromatic carbocycles. The Morgan fingerprint density at radius 2 is 1.83 bits per heavy atom. The van der Waals surface area contributed by atoms with E-state index in [4.69, 9.17) is 13.2 Å². The minimum Gasteiger partial charge on any atom is -0.439 e. The first-order chi connectivity index (χ1) is 14.0. The van der Waals surface area contributed by atoms with Gasteiger partial charge in [0.15, 0.2) is 0 Å². The molecule has 3 N–H and O–H groups in total. The predicted molar refractivity (Wildman–Crippen MR) is 105 cm³/mol. The van der Waals surface area contributed by atoms with E-state index in [9.17, 15) is 18.0 Å². The number of anilines is 1. The Bertz CT molecular complexity index is 1030. The van der Waals surface area contributed by atoms with E-state index in [-0.39, 0.29) is 23.7 Å². The van der Waals surface area contributed by atoms with Gasteiger partial charge in [0, 0.05) is 26.6 Å². The molecule has 0 saturated carbocycles. The van der Waals surface area contributed by atoms with Gasteiger partial charge in [0.2, 0.25) is 5.88 Å². The third-order valence-electron chi connectivity index (χ3n) is 3.61. The van der Waals surface area contributed by atoms with Gasteiger partial charge in [-0.25, -0.2) is 4.98 Å². The summed E-state index contributed by atoms with van der Waals surface area (Å²) in [7, 11) is 0. The molecule has 0 fully saturated rings. The number of carbonyl (C=O) groups excluding carboxylic acids is 1. The van der Waals surface area contributed by atoms with Gasteiger partial charge in [-0.15, -0.1) is 12.4 Å². The first-order valence-electron chi connectivity index (χ1n) is 9.05. The standard InChI is InChI=1S/C20H16F3N3O2.ClH/c21-20(22,23)17-9-13(12-24)10-18(26-17)28-16-8-4-5-14(11-16)19(27)25-15-6-2-1-3-7-15;/h1-11H,12,24H2,(H,25,27);1H/i12D2;. The van der Waals surface area contributed by atoms with Gasteiger partial charge in [-0.05, 0) is 42.0 Å². The number of hydrogen-bond donors (Lipinski definition) is 2. The highest BCUT2D eigenvalue weighted by atomic mass is 35.5. The van der Waals surface area contributed by atoms with Gasteiger partial charge < -0.3 is 15.8 Å². The highest BCUT2D eigenvalue weighted by molar-refractivity contribution is 6.04. The van der Waals surface area contributed by atoms with Crippen LogP contribution in [0, 0.1) is 0 Å². The Morgan fingerprint density at radius 3 is 2.48 bits per heavy atom. The second-order valence-electron chi connectivity index (χ2n) is 5.67. The molecule has 3 rings (SSSR count). The molecule has 3 aromatic rings. The first kappa shape index (κ1) is 19.2. The maximum absolute atomic E-state index is 13.1. The molecule has 0 radical (unpaired) electrons. The van der Waals surface area contributed by atoms with E-state index in [1.807, 2.05) is 0 Å². The van der Waals surface area contributed by atoms with Crippen LogP contribution in [-0.4, -0.2) is 10.9 Å². The molecule has 0 spiro atoms. The second-order valence-corrected chi connectivity index (χ2v) is 5.67. The van der Waals surface area contributed by atoms with Crippen LogP contribution in [0.5, 0.6) is 11.6 Å². The molecule has 0 aliphatic rings. The van der Waals surface area contributed by atoms with Crippen molar-refractivity contribution in [3.63, 3.8) is 0 Å². The van der Waals surface area contributed by atoms with Gasteiger partial charge in [0.25, 0.3) is 5.91 Å². The summed E-state index contributed by atoms with van der Waals surface area (Å²) in [5, 5.41) is 2.68. The molecule has 0 saturated heterocycles. The summed E-state index contributed by atoms with van der Waals surface area (Å²) in [5.74, 6) is -0.900. The molecule has 0 atom stereocenters. The van der Waals surface area contributed by atoms with Gasteiger partial charge in [0.05, 0.1) is 0 Å². The molecule has 0 aliphatic heterocycles. The third-order valence-corrected chi connectivity index (χ3v) is 3.61. The largest absolute Gasteiger partial charge is 0.439 e. The Labute approximate surface area is 173 Å². The zero-order valence-electron chi connectivity index (χ0n) is 16.7. The van der Waals surface area contributed by atoms with Crippen molar-refractivity contribution in [2.45, 2.75) is 12.7 Å². The maximum Gasteiger partial charge on any atom is 0.433 e. The molecule has 0 bridgehead atoms. The normalized spacial score (nSPS) is 12.3. The van der Waals surface area contributed by atoms with Crippen molar-refractivity contribution < 1.29 is 25.4 Å². The quantitative estimate of drug-likeness (QED) is 0.601. The fourth-order valence-electron chi connectivity index (χ4n) is 2.33. The summed E-state index contributed by atoms with van der Waals surface area (Å²) >= 11 is 0. The average Bonchev–Trinajstić information content (AvgIpc) is 2.67. The number of alkyl halides is 3. The van der Waals surface area contributed by atoms with Crippen molar-refractivity contribution in [3.8, 4) is 11.6 Å². The average molecular weight is 426 g/mol. The third kappa shape index (κ3) is 5.94. The maximum atomic E-state index is 13.1. The van der Waals surface area contributed by atoms with Crippen LogP contribution in [0.3, 0.4) is 0 Å². The van der Waals surface area contributed by atoms with Crippen molar-refractivity contribution in [3.05, 3.63) is 83.6 Å². The molecular weight excluding hydrogens is 407 g/mol. The van der Waals surface area contributed by atoms with Gasteiger partial charge in [-0.2, -0.15) is 13.2 Å². The predicted octanol–water partition coefficient (Wildman–Crippen LogP) is 5.03. The van der Waals surface area contributed by atoms with Crippen LogP contribution in [-0.2, 0) is 12.7 Å². The minimum atomic E-state index is -4.82. The summed E-state index contributed by atoms with van der Waals surface area (Å²) < 4.78 is 59.7. The van der Waals surface area contributed by atoms with Crippen LogP contribution < -0.4 is 15.8 Å². The number of benzene rings is 2. The van der Waals surface area contributed by atoms with Crippen LogP contribution >= 0.6 is 12.4 Å². The Morgan fingerprint density at radius 1 is 1.10 bits per heavy atom. The van der Waals surface area contributed by atoms with Crippen LogP contribution in [0.15, 0.2) is 66.7 Å². The number of hydrogen-bond acceptors (Lipinski definition) is 4. The van der Waals surface area contributed by atoms with Crippen molar-refractivity contribution in [2.24, 2.45) is 5.73 Å². The van der Waals surface area contributed by atoms with Crippen molar-refractivity contribution in [1.82, 2.24) is 4.98 Å². The van der Waals surface area contributed by atoms with Crippen molar-refractivity contribution in [2.75, 3.05) is 5.32 Å². The van der Waals surface area contributed by atoms with Crippen molar-refractivity contribution >= 4 is 24.0 Å². The summed E-state index contributed by atoms with van der Waals surface area (Å²) in [5.41, 5.74) is 4.29. The SMILES string of the molecule is Cl.[2H]C([2H])(N)c1cc(Oc2cccc(C(=O)Nc3ccccc3)c2)nc(C(F)(F)F)c1. The van der Waals surface area contributed by atoms with Crippen LogP contribution in [0.2, 0.25) is 0 Å². The summed E-state index contributed by atoms with van der Waals surface area (Å²) in [4.78, 5) is 15.8. The van der Waals surface area contributed by atoms with Gasteiger partial charge in [-0.1, -0.05) is 24.3 Å². The van der Waals surface area contributed by atoms with Crippen LogP contribution in [0.4, 0.5) is 18.9 Å². The molecule has 0 aliphatic carbocycles. The molecule has 9 heteroatoms. The lowest BCUT2D eigenvalue weighted by Crippen LogP contribution is -2.12. The van der Waals surface area contributed by atoms with Gasteiger partial charge in [0.1, 0.15) is 11.4 Å². The molecule has 5 nitrogen and oxygen atoms in total. The van der Waals surface area contributed by atoms with Crippen LogP contribution in [0.25, 0.3) is 0 Å². The lowest BCUT2D eigenvalue weighted by Gasteiger charge is -2.12. The fraction of sp³-hybridized carbons (Fsp3) is 0.100.